The summed E-state index contributed by atoms with van der Waals surface area (Å²) in [7, 11) is -3.61. The van der Waals surface area contributed by atoms with Crippen LogP contribution >= 0.6 is 0 Å². The second-order valence-corrected chi connectivity index (χ2v) is 19.4. The van der Waals surface area contributed by atoms with E-state index in [0.717, 1.165) is 12.3 Å². The number of ether oxygens (including phenoxy) is 1. The van der Waals surface area contributed by atoms with Gasteiger partial charge in [0.25, 0.3) is 0 Å². The van der Waals surface area contributed by atoms with E-state index < -0.39 is 26.2 Å². The molecule has 3 atom stereocenters. The van der Waals surface area contributed by atoms with E-state index >= 15 is 0 Å². The van der Waals surface area contributed by atoms with E-state index in [1.165, 1.54) is 19.3 Å². The van der Waals surface area contributed by atoms with Gasteiger partial charge in [0, 0.05) is 0 Å². The van der Waals surface area contributed by atoms with Crippen molar-refractivity contribution in [2.45, 2.75) is 89.1 Å². The number of hydrogen-bond acceptors (Lipinski definition) is 3. The Morgan fingerprint density at radius 3 is 2.00 bits per heavy atom. The third-order valence-electron chi connectivity index (χ3n) is 4.24. The van der Waals surface area contributed by atoms with Gasteiger partial charge in [0.1, 0.15) is 5.41 Å². The van der Waals surface area contributed by atoms with E-state index in [1.54, 1.807) is 0 Å². The lowest BCUT2D eigenvalue weighted by molar-refractivity contribution is -0.0740. The van der Waals surface area contributed by atoms with Gasteiger partial charge in [-0.3, -0.25) is 0 Å². The highest BCUT2D eigenvalue weighted by molar-refractivity contribution is 6.72. The van der Waals surface area contributed by atoms with Gasteiger partial charge in [-0.25, -0.2) is 0 Å². The van der Waals surface area contributed by atoms with Gasteiger partial charge in [0.2, 0.25) is 0 Å². The molecule has 3 nitrogen and oxygen atoms in total. The maximum atomic E-state index is 6.67. The minimum atomic E-state index is -1.60. The Kier molecular flexibility index (Phi) is 5.28. The highest BCUT2D eigenvalue weighted by Gasteiger charge is 2.47. The van der Waals surface area contributed by atoms with Crippen LogP contribution in [0.4, 0.5) is 0 Å². The highest BCUT2D eigenvalue weighted by Crippen LogP contribution is 2.43. The average molecular weight is 347 g/mol. The molecule has 0 bridgehead atoms. The summed E-state index contributed by atoms with van der Waals surface area (Å²) in [4.78, 5) is 0. The first-order chi connectivity index (χ1) is 9.52. The molecule has 0 amide bonds. The maximum Gasteiger partial charge on any atom is 0.187 e. The molecule has 0 radical (unpaired) electrons. The molecule has 3 unspecified atom stereocenters. The van der Waals surface area contributed by atoms with Gasteiger partial charge in [-0.2, -0.15) is 0 Å². The van der Waals surface area contributed by atoms with Crippen LogP contribution in [-0.2, 0) is 13.6 Å². The second-order valence-electron chi connectivity index (χ2n) is 8.79. The summed E-state index contributed by atoms with van der Waals surface area (Å²) in [5, 5.41) is 0. The fraction of sp³-hybridized carbons (Fsp3) is 1.00. The molecule has 1 saturated carbocycles. The second kappa shape index (κ2) is 6.20. The van der Waals surface area contributed by atoms with Crippen LogP contribution in [0.25, 0.3) is 0 Å². The SMILES string of the molecule is C[SiH2]C(CC1CCC2OC2C1)(O[Si](C)(C)C)O[Si](C)(C)C. The minimum absolute atomic E-state index is 0.221. The van der Waals surface area contributed by atoms with Gasteiger partial charge in [0.05, 0.1) is 21.7 Å². The molecule has 1 heterocycles. The molecule has 0 aromatic rings. The Labute approximate surface area is 135 Å². The molecule has 2 fully saturated rings. The average Bonchev–Trinajstić information content (AvgIpc) is 3.02. The number of fused-ring (bicyclic) bond motifs is 1. The predicted octanol–water partition coefficient (Wildman–Crippen LogP) is 3.52. The summed E-state index contributed by atoms with van der Waals surface area (Å²) in [6, 6.07) is 0. The molecule has 6 heteroatoms. The van der Waals surface area contributed by atoms with Crippen LogP contribution in [0.3, 0.4) is 0 Å². The molecule has 1 aliphatic heterocycles. The molecular weight excluding hydrogens is 312 g/mol. The van der Waals surface area contributed by atoms with Gasteiger partial charge in [-0.1, -0.05) is 6.55 Å². The molecule has 0 aromatic carbocycles. The van der Waals surface area contributed by atoms with Crippen LogP contribution < -0.4 is 0 Å². The molecule has 1 aliphatic carbocycles. The lowest BCUT2D eigenvalue weighted by Gasteiger charge is -2.45. The van der Waals surface area contributed by atoms with Crippen LogP contribution in [0, 0.1) is 5.92 Å². The molecule has 1 saturated heterocycles. The van der Waals surface area contributed by atoms with Gasteiger partial charge >= 0.3 is 0 Å². The summed E-state index contributed by atoms with van der Waals surface area (Å²) in [6.45, 7) is 16.1. The molecule has 0 spiro atoms. The smallest absolute Gasteiger partial charge is 0.187 e. The number of hydrogen-bond donors (Lipinski definition) is 0. The van der Waals surface area contributed by atoms with E-state index in [0.29, 0.717) is 12.2 Å². The Morgan fingerprint density at radius 2 is 1.57 bits per heavy atom. The van der Waals surface area contributed by atoms with Gasteiger partial charge in [-0.15, -0.1) is 0 Å². The predicted molar refractivity (Wildman–Crippen MR) is 96.6 cm³/mol. The van der Waals surface area contributed by atoms with Crippen molar-refractivity contribution in [3.63, 3.8) is 0 Å². The third-order valence-corrected chi connectivity index (χ3v) is 8.44. The zero-order chi connectivity index (χ0) is 15.9. The van der Waals surface area contributed by atoms with E-state index in [9.17, 15) is 0 Å². The summed E-state index contributed by atoms with van der Waals surface area (Å²) >= 11 is 0. The Bertz CT molecular complexity index is 346. The summed E-state index contributed by atoms with van der Waals surface area (Å²) < 4.78 is 19.1. The quantitative estimate of drug-likeness (QED) is 0.401. The lowest BCUT2D eigenvalue weighted by Crippen LogP contribution is -2.54. The summed E-state index contributed by atoms with van der Waals surface area (Å²) in [5.41, 5.74) is -0.221. The molecule has 0 aromatic heterocycles. The van der Waals surface area contributed by atoms with Gasteiger partial charge in [0.15, 0.2) is 16.6 Å². The molecule has 21 heavy (non-hydrogen) atoms. The van der Waals surface area contributed by atoms with E-state index in [4.69, 9.17) is 13.6 Å². The zero-order valence-corrected chi connectivity index (χ0v) is 18.4. The first-order valence-corrected chi connectivity index (χ1v) is 17.5. The molecule has 2 aliphatic rings. The lowest BCUT2D eigenvalue weighted by atomic mass is 9.87. The fourth-order valence-electron chi connectivity index (χ4n) is 3.62. The van der Waals surface area contributed by atoms with Crippen molar-refractivity contribution in [1.82, 2.24) is 0 Å². The van der Waals surface area contributed by atoms with Crippen molar-refractivity contribution < 1.29 is 13.6 Å². The van der Waals surface area contributed by atoms with Crippen molar-refractivity contribution in [1.29, 1.82) is 0 Å². The van der Waals surface area contributed by atoms with E-state index in [2.05, 4.69) is 45.8 Å². The van der Waals surface area contributed by atoms with Crippen LogP contribution in [0.5, 0.6) is 0 Å². The number of epoxide rings is 1. The monoisotopic (exact) mass is 346 g/mol. The normalized spacial score (nSPS) is 30.7. The maximum absolute atomic E-state index is 6.67. The van der Waals surface area contributed by atoms with Crippen LogP contribution in [0.1, 0.15) is 25.7 Å². The topological polar surface area (TPSA) is 31.0 Å². The zero-order valence-electron chi connectivity index (χ0n) is 15.0. The van der Waals surface area contributed by atoms with Crippen molar-refractivity contribution >= 4 is 26.2 Å². The Hall–Kier alpha value is 0.531. The van der Waals surface area contributed by atoms with Crippen LogP contribution in [-0.4, -0.2) is 43.8 Å². The summed E-state index contributed by atoms with van der Waals surface area (Å²) in [6.07, 6.45) is 6.02. The van der Waals surface area contributed by atoms with Crippen molar-refractivity contribution in [3.8, 4) is 0 Å². The molecule has 0 N–H and O–H groups in total. The molecular formula is C15H34O3Si3. The Morgan fingerprint density at radius 1 is 1.00 bits per heavy atom. The van der Waals surface area contributed by atoms with Gasteiger partial charge in [-0.05, 0) is 70.9 Å². The first-order valence-electron chi connectivity index (χ1n) is 8.58. The Balaban J connectivity index is 2.08. The van der Waals surface area contributed by atoms with Crippen molar-refractivity contribution in [2.24, 2.45) is 5.92 Å². The molecule has 124 valence electrons. The van der Waals surface area contributed by atoms with E-state index in [1.807, 2.05) is 0 Å². The summed E-state index contributed by atoms with van der Waals surface area (Å²) in [5.74, 6) is 0.730. The first kappa shape index (κ1) is 17.9. The standard InChI is InChI=1S/C15H34O3Si3/c1-19-15(17-20(2,3)4,18-21(5,6)7)11-12-8-9-13-14(10-12)16-13/h12-14H,8-11,19H2,1-7H3. The molecule has 2 rings (SSSR count). The van der Waals surface area contributed by atoms with Crippen LogP contribution in [0.15, 0.2) is 0 Å². The van der Waals surface area contributed by atoms with Crippen LogP contribution in [0.2, 0.25) is 45.8 Å². The van der Waals surface area contributed by atoms with Crippen molar-refractivity contribution in [3.05, 3.63) is 0 Å². The highest BCUT2D eigenvalue weighted by atomic mass is 28.4. The van der Waals surface area contributed by atoms with Crippen molar-refractivity contribution in [2.75, 3.05) is 0 Å². The number of rotatable bonds is 7. The van der Waals surface area contributed by atoms with E-state index in [-0.39, 0.29) is 5.41 Å². The minimum Gasteiger partial charge on any atom is -0.395 e. The third kappa shape index (κ3) is 5.58. The largest absolute Gasteiger partial charge is 0.395 e. The van der Waals surface area contributed by atoms with Gasteiger partial charge < -0.3 is 13.6 Å². The fourth-order valence-corrected chi connectivity index (χ4v) is 10.6.